The molecule has 27 heavy (non-hydrogen) atoms. The molecule has 0 aromatic carbocycles. The van der Waals surface area contributed by atoms with Gasteiger partial charge in [0.2, 0.25) is 5.88 Å². The third kappa shape index (κ3) is 6.91. The monoisotopic (exact) mass is 501 g/mol. The van der Waals surface area contributed by atoms with Gasteiger partial charge in [-0.2, -0.15) is 0 Å². The van der Waals surface area contributed by atoms with E-state index < -0.39 is 0 Å². The van der Waals surface area contributed by atoms with Gasteiger partial charge in [-0.3, -0.25) is 4.99 Å². The largest absolute Gasteiger partial charge is 0.474 e. The summed E-state index contributed by atoms with van der Waals surface area (Å²) in [4.78, 5) is 14.3. The van der Waals surface area contributed by atoms with Crippen LogP contribution in [0.2, 0.25) is 0 Å². The molecule has 2 heterocycles. The number of nitrogens with one attached hydrogen (secondary N) is 2. The molecule has 0 spiro atoms. The Hall–Kier alpha value is -1.42. The molecule has 0 aliphatic heterocycles. The van der Waals surface area contributed by atoms with Crippen molar-refractivity contribution in [3.05, 3.63) is 40.0 Å². The molecule has 0 saturated heterocycles. The highest BCUT2D eigenvalue weighted by Gasteiger charge is 2.17. The van der Waals surface area contributed by atoms with Crippen molar-refractivity contribution in [2.45, 2.75) is 58.2 Å². The van der Waals surface area contributed by atoms with Crippen molar-refractivity contribution in [1.82, 2.24) is 20.6 Å². The molecule has 2 aromatic rings. The summed E-state index contributed by atoms with van der Waals surface area (Å²) in [5, 5.41) is 7.71. The van der Waals surface area contributed by atoms with Crippen LogP contribution in [0.15, 0.2) is 29.5 Å². The molecule has 0 bridgehead atoms. The minimum absolute atomic E-state index is 0. The van der Waals surface area contributed by atoms with Crippen LogP contribution in [0.1, 0.15) is 48.1 Å². The second kappa shape index (κ2) is 11.4. The lowest BCUT2D eigenvalue weighted by atomic mass is 10.2. The van der Waals surface area contributed by atoms with E-state index in [4.69, 9.17) is 4.74 Å². The van der Waals surface area contributed by atoms with Crippen LogP contribution < -0.4 is 15.4 Å². The number of ether oxygens (including phenoxy) is 1. The van der Waals surface area contributed by atoms with E-state index in [1.54, 1.807) is 24.6 Å². The summed E-state index contributed by atoms with van der Waals surface area (Å²) >= 11 is 1.74. The molecule has 1 saturated carbocycles. The maximum absolute atomic E-state index is 5.98. The average Bonchev–Trinajstić information content (AvgIpc) is 3.34. The Morgan fingerprint density at radius 2 is 2.04 bits per heavy atom. The molecular formula is C19H28IN5OS. The van der Waals surface area contributed by atoms with Crippen molar-refractivity contribution in [3.63, 3.8) is 0 Å². The van der Waals surface area contributed by atoms with E-state index >= 15 is 0 Å². The number of aliphatic imine (C=N–C) groups is 1. The highest BCUT2D eigenvalue weighted by atomic mass is 127. The molecule has 0 atom stereocenters. The first-order chi connectivity index (χ1) is 12.8. The lowest BCUT2D eigenvalue weighted by Crippen LogP contribution is -2.36. The third-order valence-corrected chi connectivity index (χ3v) is 5.57. The molecule has 0 unspecified atom stereocenters. The van der Waals surface area contributed by atoms with Crippen molar-refractivity contribution < 1.29 is 4.74 Å². The van der Waals surface area contributed by atoms with Gasteiger partial charge >= 0.3 is 0 Å². The normalized spacial score (nSPS) is 14.7. The molecule has 1 aliphatic carbocycles. The Labute approximate surface area is 182 Å². The smallest absolute Gasteiger partial charge is 0.213 e. The van der Waals surface area contributed by atoms with Crippen LogP contribution in [-0.2, 0) is 19.5 Å². The minimum Gasteiger partial charge on any atom is -0.474 e. The van der Waals surface area contributed by atoms with Crippen LogP contribution in [0.3, 0.4) is 0 Å². The zero-order valence-corrected chi connectivity index (χ0v) is 19.0. The number of guanidine groups is 1. The van der Waals surface area contributed by atoms with Gasteiger partial charge in [-0.05, 0) is 43.7 Å². The van der Waals surface area contributed by atoms with E-state index in [0.29, 0.717) is 25.1 Å². The Morgan fingerprint density at radius 1 is 1.26 bits per heavy atom. The predicted molar refractivity (Wildman–Crippen MR) is 121 cm³/mol. The summed E-state index contributed by atoms with van der Waals surface area (Å²) < 4.78 is 5.98. The van der Waals surface area contributed by atoms with E-state index in [1.165, 1.54) is 17.7 Å². The lowest BCUT2D eigenvalue weighted by molar-refractivity contribution is 0.201. The van der Waals surface area contributed by atoms with Crippen molar-refractivity contribution in [2.24, 2.45) is 4.99 Å². The molecule has 148 valence electrons. The second-order valence-electron chi connectivity index (χ2n) is 6.38. The van der Waals surface area contributed by atoms with Crippen LogP contribution in [-0.4, -0.2) is 29.1 Å². The number of hydrogen-bond acceptors (Lipinski definition) is 5. The fraction of sp³-hybridized carbons (Fsp3) is 0.526. The van der Waals surface area contributed by atoms with Gasteiger partial charge in [-0.25, -0.2) is 9.97 Å². The SMILES string of the molecule is CCc1cnc(CNC(=NC)NCc2ccnc(OC3CCCC3)c2)s1.I. The zero-order chi connectivity index (χ0) is 18.2. The molecule has 6 nitrogen and oxygen atoms in total. The fourth-order valence-electron chi connectivity index (χ4n) is 2.96. The lowest BCUT2D eigenvalue weighted by Gasteiger charge is -2.14. The quantitative estimate of drug-likeness (QED) is 0.342. The van der Waals surface area contributed by atoms with Crippen LogP contribution in [0.5, 0.6) is 5.88 Å². The predicted octanol–water partition coefficient (Wildman–Crippen LogP) is 3.91. The molecular weight excluding hydrogens is 473 g/mol. The van der Waals surface area contributed by atoms with Gasteiger partial charge < -0.3 is 15.4 Å². The van der Waals surface area contributed by atoms with E-state index in [1.807, 2.05) is 18.3 Å². The number of aromatic nitrogens is 2. The van der Waals surface area contributed by atoms with E-state index in [-0.39, 0.29) is 24.0 Å². The Bertz CT molecular complexity index is 730. The molecule has 3 rings (SSSR count). The molecule has 8 heteroatoms. The summed E-state index contributed by atoms with van der Waals surface area (Å²) in [5.41, 5.74) is 1.12. The van der Waals surface area contributed by atoms with Crippen LogP contribution >= 0.6 is 35.3 Å². The number of nitrogens with zero attached hydrogens (tertiary/aromatic N) is 3. The molecule has 1 aliphatic rings. The fourth-order valence-corrected chi connectivity index (χ4v) is 3.76. The van der Waals surface area contributed by atoms with Gasteiger partial charge in [0.05, 0.1) is 6.54 Å². The summed E-state index contributed by atoms with van der Waals surface area (Å²) in [6.07, 6.45) is 9.89. The number of hydrogen-bond donors (Lipinski definition) is 2. The molecule has 0 amide bonds. The van der Waals surface area contributed by atoms with Crippen molar-refractivity contribution in [3.8, 4) is 5.88 Å². The molecule has 1 fully saturated rings. The first kappa shape index (κ1) is 21.9. The Balaban J connectivity index is 0.00000261. The van der Waals surface area contributed by atoms with Crippen molar-refractivity contribution in [1.29, 1.82) is 0 Å². The maximum Gasteiger partial charge on any atom is 0.213 e. The van der Waals surface area contributed by atoms with E-state index in [9.17, 15) is 0 Å². The van der Waals surface area contributed by atoms with Crippen LogP contribution in [0.4, 0.5) is 0 Å². The summed E-state index contributed by atoms with van der Waals surface area (Å²) in [6.45, 7) is 3.49. The summed E-state index contributed by atoms with van der Waals surface area (Å²) in [6, 6.07) is 4.00. The van der Waals surface area contributed by atoms with Gasteiger partial charge in [-0.1, -0.05) is 6.92 Å². The van der Waals surface area contributed by atoms with Gasteiger partial charge in [0.25, 0.3) is 0 Å². The summed E-state index contributed by atoms with van der Waals surface area (Å²) in [7, 11) is 1.77. The van der Waals surface area contributed by atoms with Gasteiger partial charge in [0.1, 0.15) is 11.1 Å². The molecule has 2 N–H and O–H groups in total. The standard InChI is InChI=1S/C19H27N5OS.HI/c1-3-16-12-22-18(26-16)13-24-19(20-2)23-11-14-8-9-21-17(10-14)25-15-6-4-5-7-15;/h8-10,12,15H,3-7,11,13H2,1-2H3,(H2,20,23,24);1H. The van der Waals surface area contributed by atoms with Crippen molar-refractivity contribution >= 4 is 41.3 Å². The number of rotatable bonds is 7. The zero-order valence-electron chi connectivity index (χ0n) is 15.9. The average molecular weight is 501 g/mol. The maximum atomic E-state index is 5.98. The first-order valence-corrected chi connectivity index (χ1v) is 10.1. The van der Waals surface area contributed by atoms with Gasteiger partial charge in [0, 0.05) is 36.9 Å². The van der Waals surface area contributed by atoms with Gasteiger partial charge in [-0.15, -0.1) is 35.3 Å². The molecule has 2 aromatic heterocycles. The topological polar surface area (TPSA) is 71.4 Å². The number of aryl methyl sites for hydroxylation is 1. The Kier molecular flexibility index (Phi) is 9.26. The number of pyridine rings is 1. The van der Waals surface area contributed by atoms with Crippen LogP contribution in [0.25, 0.3) is 0 Å². The highest BCUT2D eigenvalue weighted by Crippen LogP contribution is 2.23. The summed E-state index contributed by atoms with van der Waals surface area (Å²) in [5.74, 6) is 1.47. The second-order valence-corrected chi connectivity index (χ2v) is 7.58. The van der Waals surface area contributed by atoms with E-state index in [0.717, 1.165) is 35.8 Å². The number of halogens is 1. The Morgan fingerprint density at radius 3 is 2.74 bits per heavy atom. The highest BCUT2D eigenvalue weighted by molar-refractivity contribution is 14.0. The minimum atomic E-state index is 0. The van der Waals surface area contributed by atoms with Crippen molar-refractivity contribution in [2.75, 3.05) is 7.05 Å². The van der Waals surface area contributed by atoms with E-state index in [2.05, 4.69) is 32.5 Å². The first-order valence-electron chi connectivity index (χ1n) is 9.26. The molecule has 0 radical (unpaired) electrons. The van der Waals surface area contributed by atoms with Crippen LogP contribution in [0, 0.1) is 0 Å². The number of thiazole rings is 1. The third-order valence-electron chi connectivity index (χ3n) is 4.43. The van der Waals surface area contributed by atoms with Gasteiger partial charge in [0.15, 0.2) is 5.96 Å².